The molecule has 1 amide bonds. The molecule has 0 bridgehead atoms. The van der Waals surface area contributed by atoms with Crippen LogP contribution in [0.2, 0.25) is 0 Å². The molecule has 7 nitrogen and oxygen atoms in total. The van der Waals surface area contributed by atoms with Crippen LogP contribution in [0.15, 0.2) is 23.0 Å². The fourth-order valence-corrected chi connectivity index (χ4v) is 3.43. The number of rotatable bonds is 9. The fourth-order valence-electron chi connectivity index (χ4n) is 3.43. The van der Waals surface area contributed by atoms with E-state index in [2.05, 4.69) is 12.2 Å². The second-order valence-corrected chi connectivity index (χ2v) is 9.12. The third-order valence-electron chi connectivity index (χ3n) is 5.17. The number of benzene rings is 1. The summed E-state index contributed by atoms with van der Waals surface area (Å²) < 4.78 is 13.2. The molecule has 0 spiro atoms. The van der Waals surface area contributed by atoms with Crippen LogP contribution in [0.5, 0.6) is 5.75 Å². The molecule has 168 valence electrons. The van der Waals surface area contributed by atoms with Gasteiger partial charge in [0.15, 0.2) is 0 Å². The lowest BCUT2D eigenvalue weighted by atomic mass is 10.1. The standard InChI is InChI=1S/C24H32N2O5/c1-5-6-11-30-21-19-12-17(15-27)9-10-18(19)22(28)26(14-16-7-8-16)20(21)13-25-23(29)31-24(2,3)4/h9-10,12,15-16H,5-8,11,13-14H2,1-4H3,(H,25,29). The van der Waals surface area contributed by atoms with E-state index in [9.17, 15) is 14.4 Å². The van der Waals surface area contributed by atoms with E-state index in [0.717, 1.165) is 32.0 Å². The normalized spacial score (nSPS) is 13.8. The molecule has 1 fully saturated rings. The van der Waals surface area contributed by atoms with Crippen molar-refractivity contribution in [3.63, 3.8) is 0 Å². The van der Waals surface area contributed by atoms with Crippen LogP contribution in [0.1, 0.15) is 69.4 Å². The second-order valence-electron chi connectivity index (χ2n) is 9.12. The molecule has 1 aliphatic carbocycles. The summed E-state index contributed by atoms with van der Waals surface area (Å²) in [6, 6.07) is 5.01. The number of unbranched alkanes of at least 4 members (excludes halogenated alkanes) is 1. The van der Waals surface area contributed by atoms with Crippen molar-refractivity contribution in [3.8, 4) is 5.75 Å². The van der Waals surface area contributed by atoms with E-state index in [4.69, 9.17) is 9.47 Å². The summed E-state index contributed by atoms with van der Waals surface area (Å²) in [5.74, 6) is 0.997. The highest BCUT2D eigenvalue weighted by Crippen LogP contribution is 2.34. The number of aromatic nitrogens is 1. The van der Waals surface area contributed by atoms with Gasteiger partial charge in [0, 0.05) is 17.5 Å². The fraction of sp³-hybridized carbons (Fsp3) is 0.542. The molecule has 0 unspecified atom stereocenters. The second kappa shape index (κ2) is 9.54. The van der Waals surface area contributed by atoms with Crippen molar-refractivity contribution in [2.24, 2.45) is 5.92 Å². The molecule has 2 aromatic rings. The van der Waals surface area contributed by atoms with E-state index in [0.29, 0.717) is 46.8 Å². The largest absolute Gasteiger partial charge is 0.491 e. The molecule has 3 rings (SSSR count). The van der Waals surface area contributed by atoms with Gasteiger partial charge in [-0.05, 0) is 58.1 Å². The lowest BCUT2D eigenvalue weighted by Gasteiger charge is -2.22. The molecule has 1 aliphatic rings. The first-order valence-corrected chi connectivity index (χ1v) is 11.0. The molecule has 7 heteroatoms. The first-order valence-electron chi connectivity index (χ1n) is 11.0. The van der Waals surface area contributed by atoms with E-state index in [1.54, 1.807) is 43.5 Å². The summed E-state index contributed by atoms with van der Waals surface area (Å²) in [4.78, 5) is 37.0. The van der Waals surface area contributed by atoms with Gasteiger partial charge in [0.1, 0.15) is 17.6 Å². The number of aldehydes is 1. The Hall–Kier alpha value is -2.83. The number of amides is 1. The number of hydrogen-bond acceptors (Lipinski definition) is 5. The Balaban J connectivity index is 2.09. The number of hydrogen-bond donors (Lipinski definition) is 1. The van der Waals surface area contributed by atoms with Crippen molar-refractivity contribution in [2.45, 2.75) is 72.1 Å². The van der Waals surface area contributed by atoms with Crippen molar-refractivity contribution in [3.05, 3.63) is 39.8 Å². The molecule has 0 radical (unpaired) electrons. The minimum Gasteiger partial charge on any atom is -0.491 e. The van der Waals surface area contributed by atoms with Gasteiger partial charge in [-0.1, -0.05) is 19.4 Å². The van der Waals surface area contributed by atoms with Gasteiger partial charge in [-0.25, -0.2) is 4.79 Å². The number of nitrogens with zero attached hydrogens (tertiary/aromatic N) is 1. The van der Waals surface area contributed by atoms with Crippen LogP contribution in [-0.4, -0.2) is 29.2 Å². The molecule has 1 aromatic heterocycles. The highest BCUT2D eigenvalue weighted by atomic mass is 16.6. The number of carbonyl (C=O) groups is 2. The first kappa shape index (κ1) is 22.8. The van der Waals surface area contributed by atoms with Crippen LogP contribution in [0.25, 0.3) is 10.8 Å². The minimum atomic E-state index is -0.625. The van der Waals surface area contributed by atoms with Crippen LogP contribution in [0.4, 0.5) is 4.79 Å². The van der Waals surface area contributed by atoms with E-state index in [1.807, 2.05) is 0 Å². The molecule has 1 heterocycles. The Morgan fingerprint density at radius 2 is 2.00 bits per heavy atom. The number of carbonyl (C=O) groups excluding carboxylic acids is 2. The summed E-state index contributed by atoms with van der Waals surface area (Å²) >= 11 is 0. The third-order valence-corrected chi connectivity index (χ3v) is 5.17. The van der Waals surface area contributed by atoms with Gasteiger partial charge >= 0.3 is 6.09 Å². The summed E-state index contributed by atoms with van der Waals surface area (Å²) in [5, 5.41) is 3.88. The molecule has 1 saturated carbocycles. The molecular formula is C24H32N2O5. The monoisotopic (exact) mass is 428 g/mol. The van der Waals surface area contributed by atoms with E-state index >= 15 is 0 Å². The Kier molecular flexibility index (Phi) is 7.03. The molecule has 31 heavy (non-hydrogen) atoms. The first-order chi connectivity index (χ1) is 14.7. The number of pyridine rings is 1. The Morgan fingerprint density at radius 3 is 2.61 bits per heavy atom. The summed E-state index contributed by atoms with van der Waals surface area (Å²) in [5.41, 5.74) is 0.316. The van der Waals surface area contributed by atoms with Gasteiger partial charge in [0.05, 0.1) is 24.2 Å². The Bertz CT molecular complexity index is 1020. The number of fused-ring (bicyclic) bond motifs is 1. The smallest absolute Gasteiger partial charge is 0.407 e. The number of ether oxygens (including phenoxy) is 2. The predicted octanol–water partition coefficient (Wildman–Crippen LogP) is 4.43. The zero-order valence-electron chi connectivity index (χ0n) is 18.8. The molecular weight excluding hydrogens is 396 g/mol. The highest BCUT2D eigenvalue weighted by Gasteiger charge is 2.27. The van der Waals surface area contributed by atoms with Crippen LogP contribution in [0, 0.1) is 5.92 Å². The molecule has 1 aromatic carbocycles. The lowest BCUT2D eigenvalue weighted by Crippen LogP contribution is -2.35. The number of alkyl carbamates (subject to hydrolysis) is 1. The summed E-state index contributed by atoms with van der Waals surface area (Å²) in [7, 11) is 0. The average molecular weight is 429 g/mol. The molecule has 0 aliphatic heterocycles. The van der Waals surface area contributed by atoms with Gasteiger partial charge in [0.2, 0.25) is 0 Å². The summed E-state index contributed by atoms with van der Waals surface area (Å²) in [6.45, 7) is 8.63. The average Bonchev–Trinajstić information content (AvgIpc) is 3.53. The SMILES string of the molecule is CCCCOc1c(CNC(=O)OC(C)(C)C)n(CC2CC2)c(=O)c2ccc(C=O)cc12. The summed E-state index contributed by atoms with van der Waals surface area (Å²) in [6.07, 6.45) is 4.18. The zero-order chi connectivity index (χ0) is 22.6. The highest BCUT2D eigenvalue weighted by molar-refractivity contribution is 5.93. The maximum atomic E-state index is 13.3. The van der Waals surface area contributed by atoms with E-state index in [-0.39, 0.29) is 12.1 Å². The lowest BCUT2D eigenvalue weighted by molar-refractivity contribution is 0.0521. The maximum Gasteiger partial charge on any atom is 0.407 e. The van der Waals surface area contributed by atoms with Crippen LogP contribution in [0.3, 0.4) is 0 Å². The van der Waals surface area contributed by atoms with Gasteiger partial charge in [0.25, 0.3) is 5.56 Å². The van der Waals surface area contributed by atoms with Crippen molar-refractivity contribution in [1.82, 2.24) is 9.88 Å². The third kappa shape index (κ3) is 5.87. The van der Waals surface area contributed by atoms with Gasteiger partial charge in [-0.3, -0.25) is 9.59 Å². The van der Waals surface area contributed by atoms with Crippen molar-refractivity contribution < 1.29 is 19.1 Å². The maximum absolute atomic E-state index is 13.3. The molecule has 0 atom stereocenters. The molecule has 0 saturated heterocycles. The predicted molar refractivity (Wildman–Crippen MR) is 120 cm³/mol. The van der Waals surface area contributed by atoms with E-state index < -0.39 is 11.7 Å². The van der Waals surface area contributed by atoms with Crippen molar-refractivity contribution in [2.75, 3.05) is 6.61 Å². The van der Waals surface area contributed by atoms with Crippen molar-refractivity contribution in [1.29, 1.82) is 0 Å². The van der Waals surface area contributed by atoms with Gasteiger partial charge in [-0.15, -0.1) is 0 Å². The molecule has 1 N–H and O–H groups in total. The zero-order valence-corrected chi connectivity index (χ0v) is 18.8. The minimum absolute atomic E-state index is 0.0968. The van der Waals surface area contributed by atoms with Crippen molar-refractivity contribution >= 4 is 23.2 Å². The topological polar surface area (TPSA) is 86.6 Å². The van der Waals surface area contributed by atoms with Gasteiger partial charge in [-0.2, -0.15) is 0 Å². The van der Waals surface area contributed by atoms with Crippen LogP contribution < -0.4 is 15.6 Å². The van der Waals surface area contributed by atoms with Crippen LogP contribution >= 0.6 is 0 Å². The van der Waals surface area contributed by atoms with Crippen LogP contribution in [-0.2, 0) is 17.8 Å². The quantitative estimate of drug-likeness (QED) is 0.472. The Morgan fingerprint density at radius 1 is 1.26 bits per heavy atom. The van der Waals surface area contributed by atoms with E-state index in [1.165, 1.54) is 0 Å². The van der Waals surface area contributed by atoms with Gasteiger partial charge < -0.3 is 19.4 Å². The number of nitrogens with one attached hydrogen (secondary N) is 1. The Labute approximate surface area is 182 Å².